The summed E-state index contributed by atoms with van der Waals surface area (Å²) in [7, 11) is 4.09. The minimum Gasteiger partial charge on any atom is -0.383 e. The van der Waals surface area contributed by atoms with E-state index in [0.29, 0.717) is 5.69 Å². The molecule has 0 aliphatic carbocycles. The molecule has 4 heteroatoms. The molecule has 0 aliphatic rings. The van der Waals surface area contributed by atoms with Crippen LogP contribution in [0.4, 0.5) is 5.69 Å². The summed E-state index contributed by atoms with van der Waals surface area (Å²) >= 11 is 0. The highest BCUT2D eigenvalue weighted by Crippen LogP contribution is 2.10. The van der Waals surface area contributed by atoms with E-state index in [-0.39, 0.29) is 0 Å². The van der Waals surface area contributed by atoms with Gasteiger partial charge in [-0.15, -0.1) is 0 Å². The normalized spacial score (nSPS) is 10.0. The molecule has 1 rings (SSSR count). The molecule has 1 heterocycles. The zero-order valence-corrected chi connectivity index (χ0v) is 9.20. The molecule has 0 saturated heterocycles. The first-order valence-corrected chi connectivity index (χ1v) is 4.97. The van der Waals surface area contributed by atoms with Gasteiger partial charge in [0.25, 0.3) is 0 Å². The summed E-state index contributed by atoms with van der Waals surface area (Å²) in [6.07, 6.45) is 2.68. The molecule has 0 bridgehead atoms. The van der Waals surface area contributed by atoms with Gasteiger partial charge in [-0.1, -0.05) is 0 Å². The number of nitrogens with zero attached hydrogens (tertiary/aromatic N) is 3. The van der Waals surface area contributed by atoms with Gasteiger partial charge in [0.15, 0.2) is 5.69 Å². The zero-order valence-electron chi connectivity index (χ0n) is 9.20. The molecule has 1 aromatic rings. The van der Waals surface area contributed by atoms with Crippen molar-refractivity contribution >= 4 is 5.69 Å². The standard InChI is InChI=1S/C11H16N4/c1-15(2)8-4-7-13-10-5-3-6-14-11(10)9-12/h3,5-6,13H,4,7-8H2,1-2H3. The van der Waals surface area contributed by atoms with Crippen LogP contribution >= 0.6 is 0 Å². The molecule has 0 radical (unpaired) electrons. The summed E-state index contributed by atoms with van der Waals surface area (Å²) < 4.78 is 0. The number of hydrogen-bond donors (Lipinski definition) is 1. The van der Waals surface area contributed by atoms with E-state index in [1.54, 1.807) is 6.20 Å². The lowest BCUT2D eigenvalue weighted by atomic mass is 10.3. The largest absolute Gasteiger partial charge is 0.383 e. The molecule has 4 nitrogen and oxygen atoms in total. The molecule has 1 N–H and O–H groups in total. The fraction of sp³-hybridized carbons (Fsp3) is 0.455. The van der Waals surface area contributed by atoms with Crippen LogP contribution in [0.3, 0.4) is 0 Å². The summed E-state index contributed by atoms with van der Waals surface area (Å²) in [6.45, 7) is 1.90. The van der Waals surface area contributed by atoms with Crippen LogP contribution in [0.5, 0.6) is 0 Å². The maximum absolute atomic E-state index is 8.80. The number of pyridine rings is 1. The predicted molar refractivity (Wildman–Crippen MR) is 60.6 cm³/mol. The average molecular weight is 204 g/mol. The third-order valence-corrected chi connectivity index (χ3v) is 2.01. The van der Waals surface area contributed by atoms with Gasteiger partial charge in [-0.2, -0.15) is 5.26 Å². The van der Waals surface area contributed by atoms with Gasteiger partial charge in [0.05, 0.1) is 5.69 Å². The van der Waals surface area contributed by atoms with Gasteiger partial charge in [0.2, 0.25) is 0 Å². The molecule has 0 unspecified atom stereocenters. The number of anilines is 1. The van der Waals surface area contributed by atoms with Gasteiger partial charge < -0.3 is 10.2 Å². The Morgan fingerprint density at radius 2 is 2.33 bits per heavy atom. The molecule has 80 valence electrons. The van der Waals surface area contributed by atoms with Gasteiger partial charge in [-0.3, -0.25) is 0 Å². The molecular formula is C11H16N4. The smallest absolute Gasteiger partial charge is 0.163 e. The van der Waals surface area contributed by atoms with E-state index in [9.17, 15) is 0 Å². The van der Waals surface area contributed by atoms with Crippen LogP contribution in [0.15, 0.2) is 18.3 Å². The number of nitriles is 1. The first kappa shape index (κ1) is 11.5. The second kappa shape index (κ2) is 5.99. The van der Waals surface area contributed by atoms with Crippen molar-refractivity contribution in [2.75, 3.05) is 32.5 Å². The third kappa shape index (κ3) is 3.96. The van der Waals surface area contributed by atoms with Gasteiger partial charge in [-0.05, 0) is 39.2 Å². The number of hydrogen-bond acceptors (Lipinski definition) is 4. The molecule has 1 aromatic heterocycles. The topological polar surface area (TPSA) is 52.0 Å². The number of aromatic nitrogens is 1. The highest BCUT2D eigenvalue weighted by molar-refractivity contribution is 5.53. The molecule has 15 heavy (non-hydrogen) atoms. The predicted octanol–water partition coefficient (Wildman–Crippen LogP) is 1.32. The van der Waals surface area contributed by atoms with Crippen molar-refractivity contribution in [3.63, 3.8) is 0 Å². The third-order valence-electron chi connectivity index (χ3n) is 2.01. The second-order valence-corrected chi connectivity index (χ2v) is 3.59. The average Bonchev–Trinajstić information content (AvgIpc) is 2.24. The quantitative estimate of drug-likeness (QED) is 0.735. The van der Waals surface area contributed by atoms with Crippen molar-refractivity contribution in [1.82, 2.24) is 9.88 Å². The summed E-state index contributed by atoms with van der Waals surface area (Å²) in [5.74, 6) is 0. The van der Waals surface area contributed by atoms with E-state index in [1.165, 1.54) is 0 Å². The first-order valence-electron chi connectivity index (χ1n) is 4.97. The summed E-state index contributed by atoms with van der Waals surface area (Å²) in [6, 6.07) is 5.77. The molecular weight excluding hydrogens is 188 g/mol. The van der Waals surface area contributed by atoms with E-state index < -0.39 is 0 Å². The maximum Gasteiger partial charge on any atom is 0.163 e. The van der Waals surface area contributed by atoms with E-state index in [2.05, 4.69) is 21.3 Å². The van der Waals surface area contributed by atoms with Crippen LogP contribution in [0.2, 0.25) is 0 Å². The fourth-order valence-electron chi connectivity index (χ4n) is 1.26. The maximum atomic E-state index is 8.80. The van der Waals surface area contributed by atoms with Crippen LogP contribution in [0, 0.1) is 11.3 Å². The minimum absolute atomic E-state index is 0.461. The van der Waals surface area contributed by atoms with E-state index in [4.69, 9.17) is 5.26 Å². The molecule has 0 aromatic carbocycles. The van der Waals surface area contributed by atoms with Gasteiger partial charge in [0.1, 0.15) is 6.07 Å². The zero-order chi connectivity index (χ0) is 11.1. The number of rotatable bonds is 5. The lowest BCUT2D eigenvalue weighted by Crippen LogP contribution is -2.16. The Hall–Kier alpha value is -1.60. The lowest BCUT2D eigenvalue weighted by molar-refractivity contribution is 0.405. The molecule has 0 saturated carbocycles. The SMILES string of the molecule is CN(C)CCCNc1cccnc1C#N. The molecule has 0 aliphatic heterocycles. The van der Waals surface area contributed by atoms with Crippen molar-refractivity contribution in [1.29, 1.82) is 5.26 Å². The Balaban J connectivity index is 2.41. The van der Waals surface area contributed by atoms with Crippen molar-refractivity contribution in [3.8, 4) is 6.07 Å². The van der Waals surface area contributed by atoms with Gasteiger partial charge in [-0.25, -0.2) is 4.98 Å². The van der Waals surface area contributed by atoms with E-state index in [1.807, 2.05) is 26.2 Å². The van der Waals surface area contributed by atoms with Crippen molar-refractivity contribution < 1.29 is 0 Å². The number of nitrogens with one attached hydrogen (secondary N) is 1. The van der Waals surface area contributed by atoms with Crippen LogP contribution in [-0.4, -0.2) is 37.1 Å². The Bertz CT molecular complexity index is 341. The van der Waals surface area contributed by atoms with Gasteiger partial charge in [0, 0.05) is 12.7 Å². The van der Waals surface area contributed by atoms with E-state index >= 15 is 0 Å². The Kier molecular flexibility index (Phi) is 4.58. The Morgan fingerprint density at radius 1 is 1.53 bits per heavy atom. The minimum atomic E-state index is 0.461. The van der Waals surface area contributed by atoms with Crippen LogP contribution in [0.1, 0.15) is 12.1 Å². The van der Waals surface area contributed by atoms with Gasteiger partial charge >= 0.3 is 0 Å². The van der Waals surface area contributed by atoms with Crippen molar-refractivity contribution in [2.24, 2.45) is 0 Å². The molecule has 0 spiro atoms. The molecule has 0 amide bonds. The van der Waals surface area contributed by atoms with Crippen molar-refractivity contribution in [3.05, 3.63) is 24.0 Å². The van der Waals surface area contributed by atoms with Crippen LogP contribution in [-0.2, 0) is 0 Å². The van der Waals surface area contributed by atoms with Crippen LogP contribution < -0.4 is 5.32 Å². The summed E-state index contributed by atoms with van der Waals surface area (Å²) in [5, 5.41) is 12.0. The monoisotopic (exact) mass is 204 g/mol. The molecule has 0 atom stereocenters. The second-order valence-electron chi connectivity index (χ2n) is 3.59. The first-order chi connectivity index (χ1) is 7.24. The fourth-order valence-corrected chi connectivity index (χ4v) is 1.26. The van der Waals surface area contributed by atoms with E-state index in [0.717, 1.165) is 25.2 Å². The summed E-state index contributed by atoms with van der Waals surface area (Å²) in [4.78, 5) is 6.11. The Labute approximate surface area is 90.5 Å². The van der Waals surface area contributed by atoms with Crippen LogP contribution in [0.25, 0.3) is 0 Å². The summed E-state index contributed by atoms with van der Waals surface area (Å²) in [5.41, 5.74) is 1.28. The van der Waals surface area contributed by atoms with Crippen molar-refractivity contribution in [2.45, 2.75) is 6.42 Å². The molecule has 0 fully saturated rings. The highest BCUT2D eigenvalue weighted by atomic mass is 15.1. The Morgan fingerprint density at radius 3 is 3.00 bits per heavy atom. The lowest BCUT2D eigenvalue weighted by Gasteiger charge is -2.10. The highest BCUT2D eigenvalue weighted by Gasteiger charge is 2.00.